The molecular weight excluding hydrogens is 328 g/mol. The average molecular weight is 352 g/mol. The molecule has 1 aliphatic rings. The van der Waals surface area contributed by atoms with Gasteiger partial charge < -0.3 is 19.9 Å². The Balaban J connectivity index is 1.80. The Labute approximate surface area is 154 Å². The lowest BCUT2D eigenvalue weighted by Gasteiger charge is -2.32. The van der Waals surface area contributed by atoms with Gasteiger partial charge in [-0.1, -0.05) is 18.2 Å². The number of aromatic hydroxyl groups is 1. The zero-order valence-electron chi connectivity index (χ0n) is 15.2. The minimum atomic E-state index is 0.140. The minimum Gasteiger partial charge on any atom is -0.508 e. The molecule has 0 bridgehead atoms. The number of para-hydroxylation sites is 1. The van der Waals surface area contributed by atoms with Crippen molar-refractivity contribution in [2.24, 2.45) is 0 Å². The van der Waals surface area contributed by atoms with Crippen LogP contribution in [0.15, 0.2) is 36.4 Å². The van der Waals surface area contributed by atoms with Crippen molar-refractivity contribution in [3.63, 3.8) is 0 Å². The molecule has 2 aromatic rings. The average Bonchev–Trinajstić information content (AvgIpc) is 2.68. The molecule has 136 valence electrons. The minimum absolute atomic E-state index is 0.140. The zero-order chi connectivity index (χ0) is 18.5. The molecule has 0 aliphatic carbocycles. The second kappa shape index (κ2) is 8.11. The van der Waals surface area contributed by atoms with Crippen molar-refractivity contribution in [3.05, 3.63) is 53.1 Å². The van der Waals surface area contributed by atoms with Gasteiger partial charge in [-0.2, -0.15) is 5.26 Å². The number of nitriles is 1. The lowest BCUT2D eigenvalue weighted by atomic mass is 9.89. The van der Waals surface area contributed by atoms with Gasteiger partial charge in [0.25, 0.3) is 0 Å². The molecule has 0 spiro atoms. The molecule has 2 aromatic carbocycles. The summed E-state index contributed by atoms with van der Waals surface area (Å²) in [6.45, 7) is 0. The summed E-state index contributed by atoms with van der Waals surface area (Å²) in [5.74, 6) is 1.61. The Bertz CT molecular complexity index is 813. The van der Waals surface area contributed by atoms with E-state index in [1.165, 1.54) is 0 Å². The first kappa shape index (κ1) is 18.1. The normalized spacial score (nSPS) is 19.6. The largest absolute Gasteiger partial charge is 0.508 e. The summed E-state index contributed by atoms with van der Waals surface area (Å²) >= 11 is 0. The highest BCUT2D eigenvalue weighted by Gasteiger charge is 2.25. The third-order valence-electron chi connectivity index (χ3n) is 4.98. The van der Waals surface area contributed by atoms with Crippen molar-refractivity contribution in [2.75, 3.05) is 14.2 Å². The van der Waals surface area contributed by atoms with E-state index in [1.807, 2.05) is 24.3 Å². The molecule has 0 amide bonds. The van der Waals surface area contributed by atoms with E-state index in [2.05, 4.69) is 11.4 Å². The molecule has 5 nitrogen and oxygen atoms in total. The Hall–Kier alpha value is -2.71. The third-order valence-corrected chi connectivity index (χ3v) is 4.98. The number of methoxy groups -OCH3 is 2. The van der Waals surface area contributed by atoms with Gasteiger partial charge in [-0.15, -0.1) is 0 Å². The molecule has 0 saturated carbocycles. The van der Waals surface area contributed by atoms with Crippen molar-refractivity contribution >= 4 is 0 Å². The van der Waals surface area contributed by atoms with Gasteiger partial charge in [-0.3, -0.25) is 0 Å². The number of nitrogens with one attached hydrogen (secondary N) is 1. The SMILES string of the molecule is COc1cc(C[C@H]2CCC[C@H](c3ccccc3O)N2)c(OC)cc1C#N. The van der Waals surface area contributed by atoms with Crippen LogP contribution in [-0.4, -0.2) is 25.4 Å². The van der Waals surface area contributed by atoms with Gasteiger partial charge in [0, 0.05) is 23.7 Å². The van der Waals surface area contributed by atoms with Crippen LogP contribution in [0.25, 0.3) is 0 Å². The van der Waals surface area contributed by atoms with Gasteiger partial charge in [0.2, 0.25) is 0 Å². The number of hydrogen-bond donors (Lipinski definition) is 2. The van der Waals surface area contributed by atoms with E-state index in [-0.39, 0.29) is 12.1 Å². The smallest absolute Gasteiger partial charge is 0.137 e. The first-order valence-electron chi connectivity index (χ1n) is 8.85. The molecular formula is C21H24N2O3. The van der Waals surface area contributed by atoms with Gasteiger partial charge in [0.15, 0.2) is 0 Å². The maximum absolute atomic E-state index is 10.1. The van der Waals surface area contributed by atoms with Gasteiger partial charge in [-0.05, 0) is 43.4 Å². The van der Waals surface area contributed by atoms with E-state index in [0.29, 0.717) is 22.8 Å². The van der Waals surface area contributed by atoms with E-state index >= 15 is 0 Å². The van der Waals surface area contributed by atoms with Crippen molar-refractivity contribution in [1.82, 2.24) is 5.32 Å². The van der Waals surface area contributed by atoms with E-state index in [4.69, 9.17) is 9.47 Å². The van der Waals surface area contributed by atoms with Gasteiger partial charge in [-0.25, -0.2) is 0 Å². The van der Waals surface area contributed by atoms with Crippen LogP contribution in [0.4, 0.5) is 0 Å². The predicted octanol–water partition coefficient (Wildman–Crippen LogP) is 3.71. The number of benzene rings is 2. The van der Waals surface area contributed by atoms with Crippen molar-refractivity contribution in [3.8, 4) is 23.3 Å². The van der Waals surface area contributed by atoms with Crippen LogP contribution in [0.3, 0.4) is 0 Å². The summed E-state index contributed by atoms with van der Waals surface area (Å²) < 4.78 is 10.8. The van der Waals surface area contributed by atoms with Crippen LogP contribution >= 0.6 is 0 Å². The molecule has 1 saturated heterocycles. The standard InChI is InChI=1S/C21H24N2O3/c1-25-20-12-15(13-22)21(26-2)11-14(20)10-16-6-5-8-18(23-16)17-7-3-4-9-19(17)24/h3-4,7,9,11-12,16,18,23-24H,5-6,8,10H2,1-2H3/t16-,18-/m1/s1. The quantitative estimate of drug-likeness (QED) is 0.858. The van der Waals surface area contributed by atoms with E-state index in [1.54, 1.807) is 26.4 Å². The summed E-state index contributed by atoms with van der Waals surface area (Å²) in [7, 11) is 3.19. The van der Waals surface area contributed by atoms with Crippen LogP contribution < -0.4 is 14.8 Å². The molecule has 0 unspecified atom stereocenters. The fourth-order valence-corrected chi connectivity index (χ4v) is 3.68. The lowest BCUT2D eigenvalue weighted by molar-refractivity contribution is 0.312. The second-order valence-electron chi connectivity index (χ2n) is 6.59. The summed E-state index contributed by atoms with van der Waals surface area (Å²) in [5.41, 5.74) is 2.43. The maximum Gasteiger partial charge on any atom is 0.137 e. The Morgan fingerprint density at radius 1 is 1.15 bits per heavy atom. The highest BCUT2D eigenvalue weighted by atomic mass is 16.5. The number of phenols is 1. The Kier molecular flexibility index (Phi) is 5.65. The lowest BCUT2D eigenvalue weighted by Crippen LogP contribution is -2.38. The van der Waals surface area contributed by atoms with Gasteiger partial charge in [0.05, 0.1) is 19.8 Å². The maximum atomic E-state index is 10.1. The summed E-state index contributed by atoms with van der Waals surface area (Å²) in [5, 5.41) is 23.0. The number of hydrogen-bond acceptors (Lipinski definition) is 5. The topological polar surface area (TPSA) is 74.5 Å². The number of rotatable bonds is 5. The zero-order valence-corrected chi connectivity index (χ0v) is 15.2. The van der Waals surface area contributed by atoms with Crippen molar-refractivity contribution in [2.45, 2.75) is 37.8 Å². The molecule has 1 heterocycles. The number of phenolic OH excluding ortho intramolecular Hbond substituents is 1. The first-order chi connectivity index (χ1) is 12.7. The molecule has 0 aromatic heterocycles. The first-order valence-corrected chi connectivity index (χ1v) is 8.85. The summed E-state index contributed by atoms with van der Waals surface area (Å²) in [6, 6.07) is 13.7. The summed E-state index contributed by atoms with van der Waals surface area (Å²) in [4.78, 5) is 0. The van der Waals surface area contributed by atoms with E-state index in [9.17, 15) is 10.4 Å². The summed E-state index contributed by atoms with van der Waals surface area (Å²) in [6.07, 6.45) is 3.92. The third kappa shape index (κ3) is 3.76. The second-order valence-corrected chi connectivity index (χ2v) is 6.59. The van der Waals surface area contributed by atoms with Crippen LogP contribution in [0.1, 0.15) is 42.0 Å². The highest BCUT2D eigenvalue weighted by molar-refractivity contribution is 5.52. The molecule has 3 rings (SSSR count). The number of piperidine rings is 1. The predicted molar refractivity (Wildman–Crippen MR) is 99.6 cm³/mol. The molecule has 2 atom stereocenters. The van der Waals surface area contributed by atoms with E-state index in [0.717, 1.165) is 36.8 Å². The number of nitrogens with zero attached hydrogens (tertiary/aromatic N) is 1. The van der Waals surface area contributed by atoms with Crippen molar-refractivity contribution < 1.29 is 14.6 Å². The fourth-order valence-electron chi connectivity index (χ4n) is 3.68. The molecule has 1 aliphatic heterocycles. The number of ether oxygens (including phenoxy) is 2. The van der Waals surface area contributed by atoms with Gasteiger partial charge >= 0.3 is 0 Å². The van der Waals surface area contributed by atoms with Crippen molar-refractivity contribution in [1.29, 1.82) is 5.26 Å². The van der Waals surface area contributed by atoms with Crippen LogP contribution in [0.2, 0.25) is 0 Å². The highest BCUT2D eigenvalue weighted by Crippen LogP contribution is 2.34. The molecule has 0 radical (unpaired) electrons. The molecule has 2 N–H and O–H groups in total. The van der Waals surface area contributed by atoms with E-state index < -0.39 is 0 Å². The Morgan fingerprint density at radius 2 is 1.92 bits per heavy atom. The molecule has 5 heteroatoms. The molecule has 26 heavy (non-hydrogen) atoms. The Morgan fingerprint density at radius 3 is 2.62 bits per heavy atom. The van der Waals surface area contributed by atoms with Crippen LogP contribution in [0.5, 0.6) is 17.2 Å². The molecule has 1 fully saturated rings. The van der Waals surface area contributed by atoms with Crippen LogP contribution in [0, 0.1) is 11.3 Å². The van der Waals surface area contributed by atoms with Crippen LogP contribution in [-0.2, 0) is 6.42 Å². The van der Waals surface area contributed by atoms with Gasteiger partial charge in [0.1, 0.15) is 23.3 Å². The monoisotopic (exact) mass is 352 g/mol. The fraction of sp³-hybridized carbons (Fsp3) is 0.381.